The fourth-order valence-electron chi connectivity index (χ4n) is 4.77. The Morgan fingerprint density at radius 1 is 0.833 bits per heavy atom. The van der Waals surface area contributed by atoms with Crippen LogP contribution in [-0.4, -0.2) is 6.04 Å². The lowest BCUT2D eigenvalue weighted by atomic mass is 9.90. The summed E-state index contributed by atoms with van der Waals surface area (Å²) in [5, 5.41) is 21.6. The van der Waals surface area contributed by atoms with Crippen molar-refractivity contribution in [1.82, 2.24) is 0 Å². The van der Waals surface area contributed by atoms with Crippen LogP contribution in [0, 0.1) is 22.7 Å². The van der Waals surface area contributed by atoms with Crippen molar-refractivity contribution >= 4 is 44.9 Å². The van der Waals surface area contributed by atoms with Gasteiger partial charge in [-0.25, -0.2) is 0 Å². The lowest BCUT2D eigenvalue weighted by Gasteiger charge is -2.29. The van der Waals surface area contributed by atoms with Crippen molar-refractivity contribution < 1.29 is 0 Å². The summed E-state index contributed by atoms with van der Waals surface area (Å²) >= 11 is 1.82. The van der Waals surface area contributed by atoms with Gasteiger partial charge >= 0.3 is 0 Å². The Kier molecular flexibility index (Phi) is 3.59. The van der Waals surface area contributed by atoms with E-state index in [2.05, 4.69) is 71.7 Å². The highest BCUT2D eigenvalue weighted by atomic mass is 32.1. The van der Waals surface area contributed by atoms with Crippen molar-refractivity contribution in [3.8, 4) is 12.1 Å². The second-order valence-electron chi connectivity index (χ2n) is 7.65. The summed E-state index contributed by atoms with van der Waals surface area (Å²) in [7, 11) is 0. The molecule has 0 saturated heterocycles. The van der Waals surface area contributed by atoms with Crippen LogP contribution < -0.4 is 14.7 Å². The summed E-state index contributed by atoms with van der Waals surface area (Å²) in [5.74, 6) is 0.225. The predicted octanol–water partition coefficient (Wildman–Crippen LogP) is 4.52. The molecule has 1 aliphatic heterocycles. The van der Waals surface area contributed by atoms with Gasteiger partial charge < -0.3 is 4.90 Å². The van der Waals surface area contributed by atoms with Crippen molar-refractivity contribution in [2.24, 2.45) is 0 Å². The van der Waals surface area contributed by atoms with Crippen LogP contribution in [0.15, 0.2) is 66.7 Å². The Hall–Kier alpha value is -3.86. The zero-order valence-corrected chi connectivity index (χ0v) is 16.7. The van der Waals surface area contributed by atoms with E-state index in [0.717, 1.165) is 11.4 Å². The number of anilines is 2. The second-order valence-corrected chi connectivity index (χ2v) is 8.73. The van der Waals surface area contributed by atoms with Crippen LogP contribution in [0.1, 0.15) is 22.6 Å². The van der Waals surface area contributed by atoms with E-state index >= 15 is 0 Å². The van der Waals surface area contributed by atoms with E-state index < -0.39 is 0 Å². The molecule has 6 rings (SSSR count). The van der Waals surface area contributed by atoms with Gasteiger partial charge in [-0.2, -0.15) is 10.5 Å². The van der Waals surface area contributed by atoms with Crippen molar-refractivity contribution in [3.05, 3.63) is 93.2 Å². The summed E-state index contributed by atoms with van der Waals surface area (Å²) < 4.78 is 2.58. The van der Waals surface area contributed by atoms with Gasteiger partial charge in [-0.1, -0.05) is 42.5 Å². The van der Waals surface area contributed by atoms with Crippen molar-refractivity contribution in [2.45, 2.75) is 12.0 Å². The molecular formula is C26H15N3S. The molecule has 3 nitrogen and oxygen atoms in total. The number of rotatable bonds is 1. The van der Waals surface area contributed by atoms with Gasteiger partial charge in [0.2, 0.25) is 0 Å². The molecule has 0 saturated carbocycles. The van der Waals surface area contributed by atoms with Crippen LogP contribution in [0.4, 0.5) is 11.4 Å². The van der Waals surface area contributed by atoms with E-state index in [-0.39, 0.29) is 12.0 Å². The quantitative estimate of drug-likeness (QED) is 0.471. The molecule has 30 heavy (non-hydrogen) atoms. The van der Waals surface area contributed by atoms with Gasteiger partial charge in [0, 0.05) is 26.5 Å². The van der Waals surface area contributed by atoms with E-state index in [0.29, 0.717) is 11.1 Å². The average molecular weight is 401 g/mol. The maximum atomic E-state index is 9.47. The van der Waals surface area contributed by atoms with Crippen LogP contribution in [-0.2, 0) is 0 Å². The maximum Gasteiger partial charge on any atom is 0.0992 e. The minimum atomic E-state index is 0.114. The summed E-state index contributed by atoms with van der Waals surface area (Å²) in [5.41, 5.74) is 4.32. The van der Waals surface area contributed by atoms with Gasteiger partial charge in [0.1, 0.15) is 0 Å². The zero-order chi connectivity index (χ0) is 20.2. The van der Waals surface area contributed by atoms with Crippen molar-refractivity contribution in [2.75, 3.05) is 4.90 Å². The van der Waals surface area contributed by atoms with E-state index in [1.807, 2.05) is 29.5 Å². The van der Waals surface area contributed by atoms with Gasteiger partial charge in [-0.3, -0.25) is 0 Å². The Balaban J connectivity index is 1.63. The zero-order valence-electron chi connectivity index (χ0n) is 15.9. The first-order chi connectivity index (χ1) is 14.8. The first-order valence-corrected chi connectivity index (χ1v) is 10.6. The average Bonchev–Trinajstić information content (AvgIpc) is 3.32. The molecule has 140 valence electrons. The van der Waals surface area contributed by atoms with Gasteiger partial charge in [-0.05, 0) is 52.6 Å². The summed E-state index contributed by atoms with van der Waals surface area (Å²) in [6.45, 7) is 0. The highest BCUT2D eigenvalue weighted by Crippen LogP contribution is 2.47. The minimum Gasteiger partial charge on any atom is -0.333 e. The van der Waals surface area contributed by atoms with Gasteiger partial charge in [0.25, 0.3) is 0 Å². The van der Waals surface area contributed by atoms with E-state index in [4.69, 9.17) is 0 Å². The molecule has 1 aliphatic carbocycles. The van der Waals surface area contributed by atoms with Crippen LogP contribution in [0.2, 0.25) is 0 Å². The number of hydrogen-bond acceptors (Lipinski definition) is 4. The van der Waals surface area contributed by atoms with Gasteiger partial charge in [0.15, 0.2) is 0 Å². The largest absolute Gasteiger partial charge is 0.333 e. The molecule has 0 bridgehead atoms. The van der Waals surface area contributed by atoms with Gasteiger partial charge in [0.05, 0.1) is 29.3 Å². The Bertz CT molecular complexity index is 1520. The molecule has 0 fully saturated rings. The lowest BCUT2D eigenvalue weighted by molar-refractivity contribution is 0.805. The van der Waals surface area contributed by atoms with E-state index in [9.17, 15) is 10.5 Å². The molecule has 3 aromatic carbocycles. The minimum absolute atomic E-state index is 0.114. The standard InChI is InChI=1S/C26H15N3S/c27-14-16-9-17(15-28)11-18(10-16)29-23-7-3-1-5-19(23)21-12-22-20-6-2-4-8-25(20)30-26(22)13-24(21)29/h1-13,21,24H. The number of benzene rings is 3. The van der Waals surface area contributed by atoms with E-state index in [1.54, 1.807) is 6.07 Å². The Morgan fingerprint density at radius 2 is 1.57 bits per heavy atom. The summed E-state index contributed by atoms with van der Waals surface area (Å²) in [4.78, 5) is 2.28. The van der Waals surface area contributed by atoms with Crippen molar-refractivity contribution in [1.29, 1.82) is 10.5 Å². The molecule has 2 atom stereocenters. The third kappa shape index (κ3) is 2.35. The summed E-state index contributed by atoms with van der Waals surface area (Å²) in [6, 6.07) is 26.9. The molecule has 2 heterocycles. The third-order valence-corrected chi connectivity index (χ3v) is 7.16. The molecule has 0 radical (unpaired) electrons. The third-order valence-electron chi connectivity index (χ3n) is 6.01. The molecule has 2 unspecified atom stereocenters. The first kappa shape index (κ1) is 17.0. The van der Waals surface area contributed by atoms with Crippen LogP contribution in [0.5, 0.6) is 0 Å². The summed E-state index contributed by atoms with van der Waals surface area (Å²) in [6.07, 6.45) is 4.76. The monoisotopic (exact) mass is 401 g/mol. The Morgan fingerprint density at radius 3 is 2.37 bits per heavy atom. The number of hydrogen-bond donors (Lipinski definition) is 0. The molecule has 0 spiro atoms. The fraction of sp³-hybridized carbons (Fsp3) is 0.0769. The highest BCUT2D eigenvalue weighted by molar-refractivity contribution is 7.17. The predicted molar refractivity (Wildman–Crippen MR) is 121 cm³/mol. The molecule has 2 aliphatic rings. The molecule has 1 aromatic heterocycles. The van der Waals surface area contributed by atoms with E-state index in [1.165, 1.54) is 25.4 Å². The molecule has 0 amide bonds. The first-order valence-electron chi connectivity index (χ1n) is 9.81. The number of fused-ring (bicyclic) bond motifs is 6. The van der Waals surface area contributed by atoms with Crippen molar-refractivity contribution in [3.63, 3.8) is 0 Å². The second kappa shape index (κ2) is 6.32. The fourth-order valence-corrected chi connectivity index (χ4v) is 5.93. The number of nitrogens with zero attached hydrogens (tertiary/aromatic N) is 3. The molecule has 0 N–H and O–H groups in total. The highest BCUT2D eigenvalue weighted by Gasteiger charge is 2.38. The molecular weight excluding hydrogens is 386 g/mol. The number of thiophene rings is 1. The molecule has 4 aromatic rings. The smallest absolute Gasteiger partial charge is 0.0992 e. The Labute approximate surface area is 177 Å². The van der Waals surface area contributed by atoms with Crippen LogP contribution in [0.3, 0.4) is 0 Å². The SMILES string of the molecule is N#Cc1cc(C#N)cc(N2c3ccccc3C3C=c4c(sc5ccccc45)=CC32)c1. The maximum absolute atomic E-state index is 9.47. The number of nitriles is 2. The van der Waals surface area contributed by atoms with Gasteiger partial charge in [-0.15, -0.1) is 11.3 Å². The molecule has 4 heteroatoms. The van der Waals surface area contributed by atoms with Crippen LogP contribution in [0.25, 0.3) is 22.2 Å². The number of para-hydroxylation sites is 1. The topological polar surface area (TPSA) is 50.8 Å². The van der Waals surface area contributed by atoms with Crippen LogP contribution >= 0.6 is 11.3 Å². The normalized spacial score (nSPS) is 18.4. The lowest BCUT2D eigenvalue weighted by Crippen LogP contribution is -2.36.